The molecule has 0 atom stereocenters. The number of carbonyl (C=O) groups is 1. The first-order valence-electron chi connectivity index (χ1n) is 10.2. The summed E-state index contributed by atoms with van der Waals surface area (Å²) < 4.78 is 12.9. The summed E-state index contributed by atoms with van der Waals surface area (Å²) in [7, 11) is 0. The van der Waals surface area contributed by atoms with Crippen molar-refractivity contribution in [3.63, 3.8) is 0 Å². The molecule has 3 rings (SSSR count). The summed E-state index contributed by atoms with van der Waals surface area (Å²) in [6, 6.07) is 13.8. The van der Waals surface area contributed by atoms with Gasteiger partial charge < -0.3 is 14.8 Å². The minimum atomic E-state index is -0.234. The van der Waals surface area contributed by atoms with Crippen LogP contribution in [0.3, 0.4) is 0 Å². The van der Waals surface area contributed by atoms with Crippen molar-refractivity contribution in [1.82, 2.24) is 20.3 Å². The van der Waals surface area contributed by atoms with Gasteiger partial charge in [0.05, 0.1) is 24.6 Å². The number of rotatable bonds is 9. The van der Waals surface area contributed by atoms with Crippen LogP contribution < -0.4 is 14.8 Å². The van der Waals surface area contributed by atoms with Crippen LogP contribution in [0.5, 0.6) is 11.5 Å². The number of ether oxygens (including phenoxy) is 2. The number of nitrogens with one attached hydrogen (secondary N) is 1. The highest BCUT2D eigenvalue weighted by Crippen LogP contribution is 2.28. The molecular weight excluding hydrogens is 380 g/mol. The maximum Gasteiger partial charge on any atom is 0.273 e. The van der Waals surface area contributed by atoms with Gasteiger partial charge in [0.25, 0.3) is 5.91 Å². The Balaban J connectivity index is 1.62. The van der Waals surface area contributed by atoms with Crippen molar-refractivity contribution in [2.75, 3.05) is 19.8 Å². The van der Waals surface area contributed by atoms with Crippen molar-refractivity contribution in [3.8, 4) is 17.2 Å². The first-order valence-corrected chi connectivity index (χ1v) is 10.2. The van der Waals surface area contributed by atoms with Crippen molar-refractivity contribution in [3.05, 3.63) is 65.0 Å². The van der Waals surface area contributed by atoms with Crippen LogP contribution in [0.25, 0.3) is 5.69 Å². The van der Waals surface area contributed by atoms with E-state index in [4.69, 9.17) is 9.47 Å². The van der Waals surface area contributed by atoms with Gasteiger partial charge in [0.2, 0.25) is 0 Å². The molecule has 0 saturated heterocycles. The molecule has 0 aliphatic heterocycles. The second-order valence-electron chi connectivity index (χ2n) is 6.92. The standard InChI is InChI=1S/C23H28N4O3/c1-5-29-20-12-9-18(15-21(20)30-6-2)13-14-24-23(28)22-17(4)27(26-25-22)19-10-7-16(3)8-11-19/h7-12,15H,5-6,13-14H2,1-4H3,(H,24,28). The zero-order valence-corrected chi connectivity index (χ0v) is 17.9. The van der Waals surface area contributed by atoms with Crippen LogP contribution in [0.1, 0.15) is 41.2 Å². The zero-order valence-electron chi connectivity index (χ0n) is 17.9. The largest absolute Gasteiger partial charge is 0.490 e. The summed E-state index contributed by atoms with van der Waals surface area (Å²) in [4.78, 5) is 12.6. The highest BCUT2D eigenvalue weighted by Gasteiger charge is 2.17. The second kappa shape index (κ2) is 9.91. The van der Waals surface area contributed by atoms with Crippen LogP contribution >= 0.6 is 0 Å². The molecule has 0 saturated carbocycles. The summed E-state index contributed by atoms with van der Waals surface area (Å²) in [6.45, 7) is 9.38. The minimum Gasteiger partial charge on any atom is -0.490 e. The van der Waals surface area contributed by atoms with Crippen LogP contribution in [0.2, 0.25) is 0 Å². The molecule has 2 aromatic carbocycles. The summed E-state index contributed by atoms with van der Waals surface area (Å²) in [6.07, 6.45) is 0.670. The third-order valence-electron chi connectivity index (χ3n) is 4.70. The third-order valence-corrected chi connectivity index (χ3v) is 4.70. The molecule has 0 unspecified atom stereocenters. The fourth-order valence-electron chi connectivity index (χ4n) is 3.13. The van der Waals surface area contributed by atoms with Gasteiger partial charge >= 0.3 is 0 Å². The first-order chi connectivity index (χ1) is 14.5. The molecule has 1 amide bonds. The van der Waals surface area contributed by atoms with E-state index in [0.717, 1.165) is 28.3 Å². The lowest BCUT2D eigenvalue weighted by Crippen LogP contribution is -2.26. The van der Waals surface area contributed by atoms with Crippen molar-refractivity contribution < 1.29 is 14.3 Å². The average Bonchev–Trinajstić information content (AvgIpc) is 3.12. The normalized spacial score (nSPS) is 10.7. The summed E-state index contributed by atoms with van der Waals surface area (Å²) in [5, 5.41) is 11.1. The number of aryl methyl sites for hydroxylation is 1. The maximum absolute atomic E-state index is 12.6. The van der Waals surface area contributed by atoms with Crippen molar-refractivity contribution >= 4 is 5.91 Å². The molecule has 0 bridgehead atoms. The highest BCUT2D eigenvalue weighted by molar-refractivity contribution is 5.93. The van der Waals surface area contributed by atoms with Crippen LogP contribution in [-0.2, 0) is 6.42 Å². The molecule has 0 aliphatic rings. The van der Waals surface area contributed by atoms with E-state index in [-0.39, 0.29) is 5.91 Å². The van der Waals surface area contributed by atoms with Crippen molar-refractivity contribution in [2.45, 2.75) is 34.1 Å². The molecule has 7 heteroatoms. The molecule has 3 aromatic rings. The Morgan fingerprint density at radius 1 is 1.00 bits per heavy atom. The van der Waals surface area contributed by atoms with Gasteiger partial charge in [0.1, 0.15) is 0 Å². The molecule has 7 nitrogen and oxygen atoms in total. The topological polar surface area (TPSA) is 78.3 Å². The lowest BCUT2D eigenvalue weighted by Gasteiger charge is -2.12. The Hall–Kier alpha value is -3.35. The second-order valence-corrected chi connectivity index (χ2v) is 6.92. The van der Waals surface area contributed by atoms with Crippen LogP contribution in [-0.4, -0.2) is 40.7 Å². The molecular formula is C23H28N4O3. The smallest absolute Gasteiger partial charge is 0.273 e. The molecule has 1 aromatic heterocycles. The number of aromatic nitrogens is 3. The SMILES string of the molecule is CCOc1ccc(CCNC(=O)c2nnn(-c3ccc(C)cc3)c2C)cc1OCC. The number of amides is 1. The van der Waals surface area contributed by atoms with E-state index in [1.165, 1.54) is 0 Å². The minimum absolute atomic E-state index is 0.234. The molecule has 30 heavy (non-hydrogen) atoms. The zero-order chi connectivity index (χ0) is 21.5. The monoisotopic (exact) mass is 408 g/mol. The Morgan fingerprint density at radius 2 is 1.70 bits per heavy atom. The first kappa shape index (κ1) is 21.4. The molecule has 1 heterocycles. The summed E-state index contributed by atoms with van der Waals surface area (Å²) in [5.41, 5.74) is 4.13. The van der Waals surface area contributed by atoms with E-state index in [1.807, 2.05) is 70.2 Å². The van der Waals surface area contributed by atoms with E-state index >= 15 is 0 Å². The maximum atomic E-state index is 12.6. The number of nitrogens with zero attached hydrogens (tertiary/aromatic N) is 3. The predicted octanol–water partition coefficient (Wildman–Crippen LogP) is 3.65. The van der Waals surface area contributed by atoms with Crippen LogP contribution in [0.4, 0.5) is 0 Å². The molecule has 158 valence electrons. The molecule has 1 N–H and O–H groups in total. The Morgan fingerprint density at radius 3 is 2.40 bits per heavy atom. The van der Waals surface area contributed by atoms with Gasteiger partial charge in [-0.25, -0.2) is 4.68 Å². The number of hydrogen-bond acceptors (Lipinski definition) is 5. The van der Waals surface area contributed by atoms with E-state index in [0.29, 0.717) is 37.6 Å². The van der Waals surface area contributed by atoms with Crippen LogP contribution in [0.15, 0.2) is 42.5 Å². The fraction of sp³-hybridized carbons (Fsp3) is 0.348. The van der Waals surface area contributed by atoms with Gasteiger partial charge in [-0.05, 0) is 63.9 Å². The lowest BCUT2D eigenvalue weighted by atomic mass is 10.1. The molecule has 0 aliphatic carbocycles. The summed E-state index contributed by atoms with van der Waals surface area (Å²) in [5.74, 6) is 1.22. The number of benzene rings is 2. The third kappa shape index (κ3) is 4.97. The number of carbonyl (C=O) groups excluding carboxylic acids is 1. The number of hydrogen-bond donors (Lipinski definition) is 1. The van der Waals surface area contributed by atoms with Gasteiger partial charge in [0, 0.05) is 6.54 Å². The van der Waals surface area contributed by atoms with Crippen molar-refractivity contribution in [2.24, 2.45) is 0 Å². The Bertz CT molecular complexity index is 996. The Kier molecular flexibility index (Phi) is 7.06. The van der Waals surface area contributed by atoms with Gasteiger partial charge in [0.15, 0.2) is 17.2 Å². The van der Waals surface area contributed by atoms with E-state index in [9.17, 15) is 4.79 Å². The Labute approximate surface area is 177 Å². The van der Waals surface area contributed by atoms with Gasteiger partial charge in [-0.1, -0.05) is 29.0 Å². The van der Waals surface area contributed by atoms with Gasteiger partial charge in [-0.3, -0.25) is 4.79 Å². The molecule has 0 spiro atoms. The predicted molar refractivity (Wildman–Crippen MR) is 116 cm³/mol. The molecule has 0 fully saturated rings. The summed E-state index contributed by atoms with van der Waals surface area (Å²) >= 11 is 0. The van der Waals surface area contributed by atoms with E-state index in [2.05, 4.69) is 15.6 Å². The average molecular weight is 409 g/mol. The van der Waals surface area contributed by atoms with E-state index < -0.39 is 0 Å². The van der Waals surface area contributed by atoms with E-state index in [1.54, 1.807) is 4.68 Å². The molecule has 0 radical (unpaired) electrons. The van der Waals surface area contributed by atoms with Gasteiger partial charge in [-0.2, -0.15) is 0 Å². The van der Waals surface area contributed by atoms with Crippen LogP contribution in [0, 0.1) is 13.8 Å². The fourth-order valence-corrected chi connectivity index (χ4v) is 3.13. The van der Waals surface area contributed by atoms with Gasteiger partial charge in [-0.15, -0.1) is 5.10 Å². The lowest BCUT2D eigenvalue weighted by molar-refractivity contribution is 0.0948. The quantitative estimate of drug-likeness (QED) is 0.585. The van der Waals surface area contributed by atoms with Crippen molar-refractivity contribution in [1.29, 1.82) is 0 Å². The highest BCUT2D eigenvalue weighted by atomic mass is 16.5.